The van der Waals surface area contributed by atoms with Crippen LogP contribution in [0.25, 0.3) is 0 Å². The van der Waals surface area contributed by atoms with Gasteiger partial charge in [-0.15, -0.1) is 0 Å². The van der Waals surface area contributed by atoms with Crippen molar-refractivity contribution in [1.82, 2.24) is 39.8 Å². The summed E-state index contributed by atoms with van der Waals surface area (Å²) in [6, 6.07) is 3.72. The molecule has 0 aliphatic carbocycles. The summed E-state index contributed by atoms with van der Waals surface area (Å²) in [6.45, 7) is 2.24. The molecular formula is C28H32F3N11O. The number of hydrogen-bond donors (Lipinski definition) is 1. The van der Waals surface area contributed by atoms with Crippen LogP contribution >= 0.6 is 0 Å². The normalized spacial score (nSPS) is 23.5. The van der Waals surface area contributed by atoms with Crippen LogP contribution in [0.3, 0.4) is 0 Å². The zero-order valence-electron chi connectivity index (χ0n) is 23.9. The molecular weight excluding hydrogens is 563 g/mol. The third-order valence-corrected chi connectivity index (χ3v) is 8.45. The number of hydrogen-bond acceptors (Lipinski definition) is 10. The highest BCUT2D eigenvalue weighted by Gasteiger charge is 2.48. The molecule has 15 heteroatoms. The number of piperidine rings is 1. The lowest BCUT2D eigenvalue weighted by Gasteiger charge is -2.53. The first kappa shape index (κ1) is 28.9. The number of fused-ring (bicyclic) bond motifs is 1. The van der Waals surface area contributed by atoms with Crippen molar-refractivity contribution in [3.8, 4) is 6.07 Å². The van der Waals surface area contributed by atoms with E-state index in [1.165, 1.54) is 6.07 Å². The summed E-state index contributed by atoms with van der Waals surface area (Å²) in [6.07, 6.45) is 6.14. The highest BCUT2D eigenvalue weighted by Crippen LogP contribution is 2.38. The van der Waals surface area contributed by atoms with Crippen LogP contribution in [0.5, 0.6) is 0 Å². The van der Waals surface area contributed by atoms with Crippen LogP contribution in [0, 0.1) is 17.2 Å². The van der Waals surface area contributed by atoms with Crippen molar-refractivity contribution in [2.75, 3.05) is 40.3 Å². The number of nitrogens with zero attached hydrogens (tertiary/aromatic N) is 10. The number of nitrogens with one attached hydrogen (secondary N) is 1. The zero-order valence-corrected chi connectivity index (χ0v) is 23.9. The molecule has 2 aromatic rings. The minimum absolute atomic E-state index is 0.0299. The molecule has 2 aromatic heterocycles. The maximum absolute atomic E-state index is 13.5. The Bertz CT molecular complexity index is 1510. The Labute approximate surface area is 246 Å². The largest absolute Gasteiger partial charge is 0.451 e. The van der Waals surface area contributed by atoms with Crippen molar-refractivity contribution in [2.45, 2.75) is 49.6 Å². The maximum atomic E-state index is 13.5. The van der Waals surface area contributed by atoms with Gasteiger partial charge in [-0.05, 0) is 39.2 Å². The number of amidine groups is 1. The molecule has 12 nitrogen and oxygen atoms in total. The molecule has 0 bridgehead atoms. The number of aliphatic imine (C=N–C) groups is 2. The first-order valence-corrected chi connectivity index (χ1v) is 14.1. The Morgan fingerprint density at radius 3 is 2.70 bits per heavy atom. The van der Waals surface area contributed by atoms with Gasteiger partial charge in [-0.2, -0.15) is 23.5 Å². The molecule has 6 rings (SSSR count). The number of rotatable bonds is 7. The molecule has 2 saturated heterocycles. The topological polar surface area (TPSA) is 131 Å². The van der Waals surface area contributed by atoms with Crippen molar-refractivity contribution < 1.29 is 18.0 Å². The Hall–Kier alpha value is -4.16. The first-order valence-electron chi connectivity index (χ1n) is 14.1. The van der Waals surface area contributed by atoms with Crippen LogP contribution in [-0.4, -0.2) is 98.8 Å². The van der Waals surface area contributed by atoms with Crippen molar-refractivity contribution >= 4 is 18.1 Å². The highest BCUT2D eigenvalue weighted by molar-refractivity contribution is 5.96. The van der Waals surface area contributed by atoms with Crippen LogP contribution in [0.2, 0.25) is 0 Å². The van der Waals surface area contributed by atoms with Crippen LogP contribution in [0.15, 0.2) is 40.7 Å². The number of nitriles is 1. The lowest BCUT2D eigenvalue weighted by Crippen LogP contribution is -2.66. The molecule has 226 valence electrons. The minimum atomic E-state index is -4.75. The van der Waals surface area contributed by atoms with E-state index in [-0.39, 0.29) is 35.9 Å². The van der Waals surface area contributed by atoms with Gasteiger partial charge in [0.25, 0.3) is 5.91 Å². The molecule has 2 atom stereocenters. The second-order valence-electron chi connectivity index (χ2n) is 11.8. The lowest BCUT2D eigenvalue weighted by atomic mass is 9.83. The predicted molar refractivity (Wildman–Crippen MR) is 150 cm³/mol. The van der Waals surface area contributed by atoms with Crippen LogP contribution in [-0.2, 0) is 18.3 Å². The molecule has 1 N–H and O–H groups in total. The molecule has 0 spiro atoms. The van der Waals surface area contributed by atoms with Gasteiger partial charge in [-0.25, -0.2) is 15.0 Å². The third kappa shape index (κ3) is 5.64. The van der Waals surface area contributed by atoms with Gasteiger partial charge in [-0.1, -0.05) is 6.08 Å². The quantitative estimate of drug-likeness (QED) is 0.516. The summed E-state index contributed by atoms with van der Waals surface area (Å²) in [4.78, 5) is 34.8. The summed E-state index contributed by atoms with van der Waals surface area (Å²) in [5.74, 6) is -0.943. The molecule has 0 radical (unpaired) electrons. The van der Waals surface area contributed by atoms with E-state index in [0.717, 1.165) is 11.4 Å². The fourth-order valence-electron chi connectivity index (χ4n) is 6.29. The third-order valence-electron chi connectivity index (χ3n) is 8.45. The van der Waals surface area contributed by atoms with E-state index in [0.29, 0.717) is 45.4 Å². The van der Waals surface area contributed by atoms with Crippen molar-refractivity contribution in [3.05, 3.63) is 53.5 Å². The van der Waals surface area contributed by atoms with Gasteiger partial charge in [0, 0.05) is 50.5 Å². The van der Waals surface area contributed by atoms with Gasteiger partial charge in [0.1, 0.15) is 23.4 Å². The summed E-state index contributed by atoms with van der Waals surface area (Å²) in [7, 11) is 3.43. The van der Waals surface area contributed by atoms with Gasteiger partial charge >= 0.3 is 6.18 Å². The Kier molecular flexibility index (Phi) is 7.51. The zero-order chi connectivity index (χ0) is 30.4. The van der Waals surface area contributed by atoms with E-state index >= 15 is 0 Å². The molecule has 43 heavy (non-hydrogen) atoms. The van der Waals surface area contributed by atoms with Gasteiger partial charge in [0.2, 0.25) is 5.82 Å². The molecule has 4 aliphatic heterocycles. The minimum Gasteiger partial charge on any atom is -0.350 e. The van der Waals surface area contributed by atoms with Crippen molar-refractivity contribution in [1.29, 1.82) is 5.26 Å². The number of carbonyl (C=O) groups excluding carboxylic acids is 1. The van der Waals surface area contributed by atoms with Gasteiger partial charge in [-0.3, -0.25) is 19.4 Å². The summed E-state index contributed by atoms with van der Waals surface area (Å²) < 4.78 is 42.3. The van der Waals surface area contributed by atoms with E-state index in [4.69, 9.17) is 0 Å². The van der Waals surface area contributed by atoms with Crippen LogP contribution in [0.4, 0.5) is 13.2 Å². The molecule has 4 aliphatic rings. The molecule has 2 unspecified atom stereocenters. The molecule has 0 aromatic carbocycles. The number of aromatic nitrogens is 4. The number of halogens is 3. The predicted octanol–water partition coefficient (Wildman–Crippen LogP) is 2.20. The van der Waals surface area contributed by atoms with Gasteiger partial charge < -0.3 is 15.1 Å². The monoisotopic (exact) mass is 595 g/mol. The van der Waals surface area contributed by atoms with E-state index in [1.807, 2.05) is 29.4 Å². The number of amides is 1. The van der Waals surface area contributed by atoms with E-state index < -0.39 is 23.4 Å². The fraction of sp³-hybridized carbons (Fsp3) is 0.536. The number of likely N-dealkylation sites (tertiary alicyclic amines) is 2. The highest BCUT2D eigenvalue weighted by atomic mass is 19.4. The fourth-order valence-corrected chi connectivity index (χ4v) is 6.29. The Balaban J connectivity index is 1.09. The molecule has 2 fully saturated rings. The van der Waals surface area contributed by atoms with E-state index in [2.05, 4.69) is 41.3 Å². The Morgan fingerprint density at radius 1 is 1.23 bits per heavy atom. The maximum Gasteiger partial charge on any atom is 0.451 e. The standard InChI is InChI=1S/C28H32F3N11O/c1-39(2)14-19-11-22(38-26(37-19)28(29,30)31)25(43)40-9-4-20(5-10-40)41-15-27(16-41,6-7-32)42-13-18(12-36-42)23-21-3-8-33-24(21)35-17-34-23/h3,8,11-13,17,20-21,23H,4-6,9-10,14-16H2,1-2H3,(H,33,34,35). The average molecular weight is 596 g/mol. The SMILES string of the molecule is CN(C)Cc1cc(C(=O)N2CCC(N3CC(CC#N)(n4cc(C5N=CN=C6NC=CC65)cn4)C3)CC2)nc(C(F)(F)F)n1. The van der Waals surface area contributed by atoms with Crippen LogP contribution < -0.4 is 5.32 Å². The molecule has 1 amide bonds. The van der Waals surface area contributed by atoms with Crippen LogP contribution in [0.1, 0.15) is 52.9 Å². The molecule has 6 heterocycles. The van der Waals surface area contributed by atoms with E-state index in [1.54, 1.807) is 30.2 Å². The van der Waals surface area contributed by atoms with Gasteiger partial charge in [0.15, 0.2) is 0 Å². The first-order chi connectivity index (χ1) is 20.6. The lowest BCUT2D eigenvalue weighted by molar-refractivity contribution is -0.145. The van der Waals surface area contributed by atoms with Crippen molar-refractivity contribution in [3.63, 3.8) is 0 Å². The second-order valence-corrected chi connectivity index (χ2v) is 11.8. The number of carbonyl (C=O) groups is 1. The molecule has 0 saturated carbocycles. The smallest absolute Gasteiger partial charge is 0.350 e. The average Bonchev–Trinajstić information content (AvgIpc) is 3.64. The summed E-state index contributed by atoms with van der Waals surface area (Å²) in [5.41, 5.74) is 0.393. The number of alkyl halides is 3. The van der Waals surface area contributed by atoms with Crippen molar-refractivity contribution in [2.24, 2.45) is 15.9 Å². The second kappa shape index (κ2) is 11.2. The summed E-state index contributed by atoms with van der Waals surface area (Å²) in [5, 5.41) is 17.4. The van der Waals surface area contributed by atoms with Gasteiger partial charge in [0.05, 0.1) is 36.3 Å². The Morgan fingerprint density at radius 2 is 2.00 bits per heavy atom. The van der Waals surface area contributed by atoms with E-state index in [9.17, 15) is 23.2 Å². The summed E-state index contributed by atoms with van der Waals surface area (Å²) >= 11 is 0.